The van der Waals surface area contributed by atoms with Crippen molar-refractivity contribution < 1.29 is 19.4 Å². The van der Waals surface area contributed by atoms with Gasteiger partial charge in [0.05, 0.1) is 18.7 Å². The number of methoxy groups -OCH3 is 1. The number of nitrogens with zero attached hydrogens (tertiary/aromatic N) is 1. The minimum Gasteiger partial charge on any atom is -0.507 e. The lowest BCUT2D eigenvalue weighted by Crippen LogP contribution is -2.30. The fraction of sp³-hybridized carbons (Fsp3) is 0.143. The van der Waals surface area contributed by atoms with Crippen molar-refractivity contribution in [3.05, 3.63) is 101 Å². The lowest BCUT2D eigenvalue weighted by Gasteiger charge is -2.28. The Hall–Kier alpha value is -4.32. The highest BCUT2D eigenvalue weighted by Gasteiger charge is 2.48. The Balaban J connectivity index is 1.82. The summed E-state index contributed by atoms with van der Waals surface area (Å²) in [6.45, 7) is 3.83. The van der Waals surface area contributed by atoms with Gasteiger partial charge in [-0.05, 0) is 43.2 Å². The van der Waals surface area contributed by atoms with Crippen LogP contribution >= 0.6 is 0 Å². The molecular formula is C28H24N2O4. The zero-order chi connectivity index (χ0) is 24.0. The Morgan fingerprint density at radius 2 is 1.74 bits per heavy atom. The quantitative estimate of drug-likeness (QED) is 0.246. The van der Waals surface area contributed by atoms with E-state index in [1.165, 1.54) is 4.90 Å². The van der Waals surface area contributed by atoms with Gasteiger partial charge in [0, 0.05) is 33.9 Å². The normalized spacial score (nSPS) is 17.5. The number of aromatic nitrogens is 1. The van der Waals surface area contributed by atoms with Gasteiger partial charge in [0.1, 0.15) is 11.5 Å². The predicted molar refractivity (Wildman–Crippen MR) is 132 cm³/mol. The van der Waals surface area contributed by atoms with Crippen LogP contribution in [-0.4, -0.2) is 28.9 Å². The molecule has 1 saturated heterocycles. The molecule has 1 unspecified atom stereocenters. The van der Waals surface area contributed by atoms with Crippen LogP contribution in [0, 0.1) is 13.8 Å². The van der Waals surface area contributed by atoms with Gasteiger partial charge in [-0.1, -0.05) is 48.5 Å². The molecule has 1 atom stereocenters. The molecule has 6 nitrogen and oxygen atoms in total. The molecule has 1 aromatic heterocycles. The first-order valence-corrected chi connectivity index (χ1v) is 11.0. The molecule has 3 aromatic carbocycles. The van der Waals surface area contributed by atoms with Crippen molar-refractivity contribution in [1.29, 1.82) is 0 Å². The van der Waals surface area contributed by atoms with Crippen LogP contribution in [0.4, 0.5) is 5.69 Å². The molecule has 2 heterocycles. The number of Topliss-reactive ketones (excluding diaryl/α,β-unsaturated/α-hetero) is 1. The Morgan fingerprint density at radius 1 is 1.00 bits per heavy atom. The predicted octanol–water partition coefficient (Wildman–Crippen LogP) is 5.42. The number of aliphatic hydroxyl groups excluding tert-OH is 1. The molecular weight excluding hydrogens is 428 g/mol. The number of anilines is 1. The summed E-state index contributed by atoms with van der Waals surface area (Å²) >= 11 is 0. The van der Waals surface area contributed by atoms with Crippen molar-refractivity contribution in [2.75, 3.05) is 12.0 Å². The van der Waals surface area contributed by atoms with Crippen LogP contribution in [-0.2, 0) is 9.59 Å². The molecule has 1 aliphatic rings. The second-order valence-electron chi connectivity index (χ2n) is 8.45. The third kappa shape index (κ3) is 3.27. The largest absolute Gasteiger partial charge is 0.507 e. The summed E-state index contributed by atoms with van der Waals surface area (Å²) in [5.41, 5.74) is 4.36. The van der Waals surface area contributed by atoms with E-state index in [0.29, 0.717) is 22.6 Å². The first-order valence-electron chi connectivity index (χ1n) is 11.0. The van der Waals surface area contributed by atoms with E-state index in [1.807, 2.05) is 74.5 Å². The second-order valence-corrected chi connectivity index (χ2v) is 8.45. The molecule has 1 fully saturated rings. The minimum absolute atomic E-state index is 0.0279. The standard InChI is InChI=1S/C28H24N2O4/c1-16-12-13-17(2)22(14-16)30-25(19-9-5-7-11-23(19)34-3)24(27(32)28(30)33)26(31)20-15-29-21-10-6-4-8-18(20)21/h4-15,25,29,31H,1-3H3/b26-24+. The highest BCUT2D eigenvalue weighted by atomic mass is 16.5. The third-order valence-corrected chi connectivity index (χ3v) is 6.35. The van der Waals surface area contributed by atoms with Gasteiger partial charge in [-0.3, -0.25) is 14.5 Å². The summed E-state index contributed by atoms with van der Waals surface area (Å²) in [4.78, 5) is 31.6. The monoisotopic (exact) mass is 452 g/mol. The molecule has 0 saturated carbocycles. The summed E-state index contributed by atoms with van der Waals surface area (Å²) in [5, 5.41) is 12.3. The van der Waals surface area contributed by atoms with E-state index in [4.69, 9.17) is 4.74 Å². The zero-order valence-electron chi connectivity index (χ0n) is 19.1. The average Bonchev–Trinajstić information content (AvgIpc) is 3.39. The van der Waals surface area contributed by atoms with Crippen molar-refractivity contribution in [3.8, 4) is 5.75 Å². The summed E-state index contributed by atoms with van der Waals surface area (Å²) < 4.78 is 5.60. The summed E-state index contributed by atoms with van der Waals surface area (Å²) in [6, 6.07) is 19.6. The van der Waals surface area contributed by atoms with Crippen molar-refractivity contribution in [2.45, 2.75) is 19.9 Å². The zero-order valence-corrected chi connectivity index (χ0v) is 19.1. The number of ketones is 1. The van der Waals surface area contributed by atoms with E-state index in [2.05, 4.69) is 4.98 Å². The summed E-state index contributed by atoms with van der Waals surface area (Å²) in [6.07, 6.45) is 1.66. The molecule has 170 valence electrons. The van der Waals surface area contributed by atoms with E-state index < -0.39 is 17.7 Å². The molecule has 2 N–H and O–H groups in total. The van der Waals surface area contributed by atoms with Crippen LogP contribution in [0.1, 0.15) is 28.3 Å². The van der Waals surface area contributed by atoms with E-state index in [-0.39, 0.29) is 11.3 Å². The minimum atomic E-state index is -0.856. The smallest absolute Gasteiger partial charge is 0.300 e. The number of hydrogen-bond acceptors (Lipinski definition) is 4. The molecule has 1 aliphatic heterocycles. The van der Waals surface area contributed by atoms with Crippen molar-refractivity contribution in [1.82, 2.24) is 4.98 Å². The number of ether oxygens (including phenoxy) is 1. The van der Waals surface area contributed by atoms with Gasteiger partial charge in [0.2, 0.25) is 0 Å². The summed E-state index contributed by atoms with van der Waals surface area (Å²) in [5.74, 6) is -1.13. The number of carbonyl (C=O) groups is 2. The van der Waals surface area contributed by atoms with Gasteiger partial charge >= 0.3 is 0 Å². The molecule has 0 spiro atoms. The first kappa shape index (κ1) is 21.5. The Bertz CT molecular complexity index is 1480. The third-order valence-electron chi connectivity index (χ3n) is 6.35. The van der Waals surface area contributed by atoms with Crippen LogP contribution in [0.15, 0.2) is 78.5 Å². The first-order chi connectivity index (χ1) is 16.4. The van der Waals surface area contributed by atoms with E-state index in [9.17, 15) is 14.7 Å². The van der Waals surface area contributed by atoms with Crippen molar-refractivity contribution >= 4 is 34.0 Å². The molecule has 0 radical (unpaired) electrons. The van der Waals surface area contributed by atoms with Gasteiger partial charge in [-0.15, -0.1) is 0 Å². The second kappa shape index (κ2) is 8.23. The number of aliphatic hydroxyl groups is 1. The fourth-order valence-corrected chi connectivity index (χ4v) is 4.66. The Kier molecular flexibility index (Phi) is 5.21. The molecule has 6 heteroatoms. The van der Waals surface area contributed by atoms with Gasteiger partial charge in [-0.2, -0.15) is 0 Å². The number of para-hydroxylation sites is 2. The van der Waals surface area contributed by atoms with Crippen LogP contribution in [0.3, 0.4) is 0 Å². The Morgan fingerprint density at radius 3 is 2.53 bits per heavy atom. The van der Waals surface area contributed by atoms with Crippen LogP contribution < -0.4 is 9.64 Å². The van der Waals surface area contributed by atoms with Crippen LogP contribution in [0.25, 0.3) is 16.7 Å². The maximum Gasteiger partial charge on any atom is 0.300 e. The van der Waals surface area contributed by atoms with E-state index in [0.717, 1.165) is 22.0 Å². The lowest BCUT2D eigenvalue weighted by molar-refractivity contribution is -0.132. The highest BCUT2D eigenvalue weighted by molar-refractivity contribution is 6.52. The molecule has 0 bridgehead atoms. The van der Waals surface area contributed by atoms with E-state index in [1.54, 1.807) is 19.4 Å². The van der Waals surface area contributed by atoms with Gasteiger partial charge in [0.15, 0.2) is 0 Å². The van der Waals surface area contributed by atoms with E-state index >= 15 is 0 Å². The maximum absolute atomic E-state index is 13.5. The number of carbonyl (C=O) groups excluding carboxylic acids is 2. The summed E-state index contributed by atoms with van der Waals surface area (Å²) in [7, 11) is 1.54. The number of rotatable bonds is 4. The van der Waals surface area contributed by atoms with Gasteiger partial charge in [-0.25, -0.2) is 0 Å². The lowest BCUT2D eigenvalue weighted by atomic mass is 9.94. The number of aromatic amines is 1. The number of H-pyrrole nitrogens is 1. The number of hydrogen-bond donors (Lipinski definition) is 2. The van der Waals surface area contributed by atoms with Crippen LogP contribution in [0.5, 0.6) is 5.75 Å². The maximum atomic E-state index is 13.5. The molecule has 0 aliphatic carbocycles. The van der Waals surface area contributed by atoms with Crippen LogP contribution in [0.2, 0.25) is 0 Å². The number of fused-ring (bicyclic) bond motifs is 1. The van der Waals surface area contributed by atoms with Gasteiger partial charge < -0.3 is 14.8 Å². The van der Waals surface area contributed by atoms with Gasteiger partial charge in [0.25, 0.3) is 11.7 Å². The number of benzene rings is 3. The molecule has 4 aromatic rings. The number of aryl methyl sites for hydroxylation is 2. The molecule has 1 amide bonds. The topological polar surface area (TPSA) is 82.6 Å². The highest BCUT2D eigenvalue weighted by Crippen LogP contribution is 2.46. The fourth-order valence-electron chi connectivity index (χ4n) is 4.66. The average molecular weight is 453 g/mol. The molecule has 34 heavy (non-hydrogen) atoms. The number of nitrogens with one attached hydrogen (secondary N) is 1. The SMILES string of the molecule is COc1ccccc1C1/C(=C(\O)c2c[nH]c3ccccc23)C(=O)C(=O)N1c1cc(C)ccc1C. The van der Waals surface area contributed by atoms with Crippen molar-refractivity contribution in [3.63, 3.8) is 0 Å². The molecule has 5 rings (SSSR count). The van der Waals surface area contributed by atoms with Crippen molar-refractivity contribution in [2.24, 2.45) is 0 Å². The number of amides is 1. The Labute approximate surface area is 197 Å².